The highest BCUT2D eigenvalue weighted by Crippen LogP contribution is 2.37. The molecule has 0 bridgehead atoms. The van der Waals surface area contributed by atoms with Gasteiger partial charge in [-0.05, 0) is 36.5 Å². The van der Waals surface area contributed by atoms with Crippen LogP contribution >= 0.6 is 0 Å². The Morgan fingerprint density at radius 3 is 3.00 bits per heavy atom. The first-order valence-corrected chi connectivity index (χ1v) is 7.20. The van der Waals surface area contributed by atoms with E-state index in [1.807, 2.05) is 6.07 Å². The van der Waals surface area contributed by atoms with Crippen LogP contribution in [0, 0.1) is 5.92 Å². The summed E-state index contributed by atoms with van der Waals surface area (Å²) in [4.78, 5) is 13.6. The van der Waals surface area contributed by atoms with Gasteiger partial charge in [-0.15, -0.1) is 0 Å². The van der Waals surface area contributed by atoms with Crippen LogP contribution in [0.1, 0.15) is 25.3 Å². The normalized spacial score (nSPS) is 25.5. The molecule has 2 aliphatic rings. The van der Waals surface area contributed by atoms with Gasteiger partial charge in [0.05, 0.1) is 24.0 Å². The Balaban J connectivity index is 1.96. The second kappa shape index (κ2) is 4.98. The van der Waals surface area contributed by atoms with Crippen LogP contribution in [0.2, 0.25) is 0 Å². The van der Waals surface area contributed by atoms with E-state index >= 15 is 0 Å². The molecule has 5 nitrogen and oxygen atoms in total. The second-order valence-electron chi connectivity index (χ2n) is 5.83. The predicted molar refractivity (Wildman–Crippen MR) is 79.8 cm³/mol. The number of amides is 1. The van der Waals surface area contributed by atoms with Crippen LogP contribution in [-0.4, -0.2) is 30.2 Å². The summed E-state index contributed by atoms with van der Waals surface area (Å²) >= 11 is 0. The van der Waals surface area contributed by atoms with E-state index in [0.29, 0.717) is 18.0 Å². The summed E-state index contributed by atoms with van der Waals surface area (Å²) in [5.41, 5.74) is 9.77. The van der Waals surface area contributed by atoms with Gasteiger partial charge in [0.1, 0.15) is 0 Å². The predicted octanol–water partition coefficient (Wildman–Crippen LogP) is 1.36. The number of aryl methyl sites for hydroxylation is 1. The third-order valence-electron chi connectivity index (χ3n) is 4.53. The summed E-state index contributed by atoms with van der Waals surface area (Å²) in [5.74, 6) is 0.516. The van der Waals surface area contributed by atoms with Gasteiger partial charge in [-0.3, -0.25) is 4.79 Å². The molecular weight excluding hydrogens is 254 g/mol. The van der Waals surface area contributed by atoms with Crippen LogP contribution < -0.4 is 16.0 Å². The number of hydrogen-bond acceptors (Lipinski definition) is 4. The topological polar surface area (TPSA) is 78.6 Å². The summed E-state index contributed by atoms with van der Waals surface area (Å²) < 4.78 is 0. The molecule has 0 aromatic heterocycles. The lowest BCUT2D eigenvalue weighted by Gasteiger charge is -2.30. The first kappa shape index (κ1) is 13.2. The number of rotatable bonds is 2. The molecule has 2 unspecified atom stereocenters. The average molecular weight is 275 g/mol. The molecule has 20 heavy (non-hydrogen) atoms. The molecular formula is C15H21N3O2. The highest BCUT2D eigenvalue weighted by atomic mass is 16.3. The van der Waals surface area contributed by atoms with E-state index in [4.69, 9.17) is 5.73 Å². The fourth-order valence-corrected chi connectivity index (χ4v) is 3.27. The van der Waals surface area contributed by atoms with Gasteiger partial charge >= 0.3 is 0 Å². The number of aliphatic hydroxyl groups excluding tert-OH is 1. The summed E-state index contributed by atoms with van der Waals surface area (Å²) in [6, 6.07) is 4.05. The largest absolute Gasteiger partial charge is 0.397 e. The number of fused-ring (bicyclic) bond motifs is 1. The molecule has 4 N–H and O–H groups in total. The Bertz CT molecular complexity index is 544. The molecule has 0 spiro atoms. The quantitative estimate of drug-likeness (QED) is 0.712. The number of nitrogens with one attached hydrogen (secondary N) is 1. The molecule has 1 aromatic carbocycles. The number of carbonyl (C=O) groups excluding carboxylic acids is 1. The van der Waals surface area contributed by atoms with E-state index in [9.17, 15) is 9.90 Å². The third kappa shape index (κ3) is 2.12. The van der Waals surface area contributed by atoms with E-state index in [1.165, 1.54) is 0 Å². The Morgan fingerprint density at radius 1 is 1.45 bits per heavy atom. The Hall–Kier alpha value is -1.75. The number of nitrogen functional groups attached to an aromatic ring is 1. The number of aliphatic hydroxyl groups is 1. The monoisotopic (exact) mass is 275 g/mol. The van der Waals surface area contributed by atoms with Crippen LogP contribution in [0.15, 0.2) is 12.1 Å². The van der Waals surface area contributed by atoms with Crippen molar-refractivity contribution in [3.8, 4) is 0 Å². The molecule has 2 aliphatic heterocycles. The molecule has 2 heterocycles. The molecule has 108 valence electrons. The molecule has 1 fully saturated rings. The molecule has 5 heteroatoms. The number of hydrogen-bond donors (Lipinski definition) is 3. The number of carbonyl (C=O) groups is 1. The SMILES string of the molecule is CC1CCN(c2cc3c(cc2N)NC(=O)CC3)C1CO. The van der Waals surface area contributed by atoms with Crippen LogP contribution in [-0.2, 0) is 11.2 Å². The zero-order chi connectivity index (χ0) is 14.3. The standard InChI is InChI=1S/C15H21N3O2/c1-9-4-5-18(14(9)8-19)13-6-10-2-3-15(20)17-12(10)7-11(13)16/h6-7,9,14,19H,2-5,8,16H2,1H3,(H,17,20). The minimum atomic E-state index is 0.0488. The first-order valence-electron chi connectivity index (χ1n) is 7.20. The maximum Gasteiger partial charge on any atom is 0.224 e. The summed E-state index contributed by atoms with van der Waals surface area (Å²) in [6.45, 7) is 3.23. The van der Waals surface area contributed by atoms with E-state index in [-0.39, 0.29) is 18.6 Å². The zero-order valence-electron chi connectivity index (χ0n) is 11.7. The van der Waals surface area contributed by atoms with Crippen molar-refractivity contribution in [3.63, 3.8) is 0 Å². The van der Waals surface area contributed by atoms with Crippen molar-refractivity contribution in [3.05, 3.63) is 17.7 Å². The maximum absolute atomic E-state index is 11.4. The minimum Gasteiger partial charge on any atom is -0.397 e. The number of anilines is 3. The van der Waals surface area contributed by atoms with Crippen LogP contribution in [0.5, 0.6) is 0 Å². The Kier molecular flexibility index (Phi) is 3.30. The Labute approximate surface area is 118 Å². The van der Waals surface area contributed by atoms with Crippen molar-refractivity contribution < 1.29 is 9.90 Å². The number of benzene rings is 1. The summed E-state index contributed by atoms with van der Waals surface area (Å²) in [7, 11) is 0. The molecule has 0 radical (unpaired) electrons. The number of nitrogens with two attached hydrogens (primary N) is 1. The molecule has 1 saturated heterocycles. The van der Waals surface area contributed by atoms with Crippen LogP contribution in [0.3, 0.4) is 0 Å². The van der Waals surface area contributed by atoms with Gasteiger partial charge in [0.15, 0.2) is 0 Å². The van der Waals surface area contributed by atoms with Crippen molar-refractivity contribution in [2.75, 3.05) is 29.1 Å². The third-order valence-corrected chi connectivity index (χ3v) is 4.53. The molecule has 3 rings (SSSR count). The first-order chi connectivity index (χ1) is 9.60. The highest BCUT2D eigenvalue weighted by molar-refractivity contribution is 5.95. The van der Waals surface area contributed by atoms with Gasteiger partial charge in [-0.2, -0.15) is 0 Å². The molecule has 0 aliphatic carbocycles. The lowest BCUT2D eigenvalue weighted by Crippen LogP contribution is -2.35. The van der Waals surface area contributed by atoms with Crippen molar-refractivity contribution in [1.29, 1.82) is 0 Å². The van der Waals surface area contributed by atoms with Crippen LogP contribution in [0.4, 0.5) is 17.1 Å². The minimum absolute atomic E-state index is 0.0488. The molecule has 0 saturated carbocycles. The fourth-order valence-electron chi connectivity index (χ4n) is 3.27. The van der Waals surface area contributed by atoms with E-state index in [2.05, 4.69) is 23.2 Å². The van der Waals surface area contributed by atoms with Crippen molar-refractivity contribution in [1.82, 2.24) is 0 Å². The van der Waals surface area contributed by atoms with Gasteiger partial charge in [-0.1, -0.05) is 6.92 Å². The van der Waals surface area contributed by atoms with Crippen LogP contribution in [0.25, 0.3) is 0 Å². The Morgan fingerprint density at radius 2 is 2.25 bits per heavy atom. The maximum atomic E-state index is 11.4. The van der Waals surface area contributed by atoms with Gasteiger partial charge < -0.3 is 21.1 Å². The molecule has 1 aromatic rings. The van der Waals surface area contributed by atoms with E-state index < -0.39 is 0 Å². The smallest absolute Gasteiger partial charge is 0.224 e. The fraction of sp³-hybridized carbons (Fsp3) is 0.533. The van der Waals surface area contributed by atoms with E-state index in [1.54, 1.807) is 0 Å². The van der Waals surface area contributed by atoms with E-state index in [0.717, 1.165) is 36.3 Å². The zero-order valence-corrected chi connectivity index (χ0v) is 11.7. The average Bonchev–Trinajstić information content (AvgIpc) is 2.78. The molecule has 1 amide bonds. The lowest BCUT2D eigenvalue weighted by atomic mass is 10.00. The molecule has 2 atom stereocenters. The van der Waals surface area contributed by atoms with Gasteiger partial charge in [0.25, 0.3) is 0 Å². The number of nitrogens with zero attached hydrogens (tertiary/aromatic N) is 1. The summed E-state index contributed by atoms with van der Waals surface area (Å²) in [5, 5.41) is 12.5. The van der Waals surface area contributed by atoms with Crippen molar-refractivity contribution in [2.24, 2.45) is 5.92 Å². The van der Waals surface area contributed by atoms with Crippen molar-refractivity contribution in [2.45, 2.75) is 32.2 Å². The van der Waals surface area contributed by atoms with Gasteiger partial charge in [0.2, 0.25) is 5.91 Å². The highest BCUT2D eigenvalue weighted by Gasteiger charge is 2.32. The summed E-state index contributed by atoms with van der Waals surface area (Å²) in [6.07, 6.45) is 2.34. The van der Waals surface area contributed by atoms with Gasteiger partial charge in [-0.25, -0.2) is 0 Å². The lowest BCUT2D eigenvalue weighted by molar-refractivity contribution is -0.116. The second-order valence-corrected chi connectivity index (χ2v) is 5.83. The van der Waals surface area contributed by atoms with Gasteiger partial charge in [0, 0.05) is 18.7 Å². The van der Waals surface area contributed by atoms with Crippen molar-refractivity contribution >= 4 is 23.0 Å².